The fraction of sp³-hybridized carbons (Fsp3) is 0.667. The Kier molecular flexibility index (Phi) is 10.2. The first kappa shape index (κ1) is 13.7. The van der Waals surface area contributed by atoms with Gasteiger partial charge in [0.05, 0.1) is 0 Å². The summed E-state index contributed by atoms with van der Waals surface area (Å²) in [5, 5.41) is 8.27. The summed E-state index contributed by atoms with van der Waals surface area (Å²) in [5.74, 6) is -1.01. The number of nitrogens with two attached hydrogens (primary N) is 1. The first-order valence-corrected chi connectivity index (χ1v) is 3.10. The van der Waals surface area contributed by atoms with Crippen LogP contribution >= 0.6 is 0 Å². The molecule has 0 fully saturated rings. The summed E-state index contributed by atoms with van der Waals surface area (Å²) in [7, 11) is 0. The van der Waals surface area contributed by atoms with E-state index in [0.29, 0.717) is 19.3 Å². The molecule has 0 heterocycles. The van der Waals surface area contributed by atoms with Crippen LogP contribution in [0.2, 0.25) is 0 Å². The van der Waals surface area contributed by atoms with Crippen molar-refractivity contribution in [3.8, 4) is 0 Å². The van der Waals surface area contributed by atoms with E-state index in [0.717, 1.165) is 6.29 Å². The van der Waals surface area contributed by atoms with E-state index in [1.165, 1.54) is 0 Å². The van der Waals surface area contributed by atoms with Crippen molar-refractivity contribution in [1.29, 1.82) is 0 Å². The van der Waals surface area contributed by atoms with Gasteiger partial charge in [-0.15, -0.1) is 0 Å². The molecule has 4 nitrogen and oxygen atoms in total. The molecule has 1 unspecified atom stereocenters. The van der Waals surface area contributed by atoms with Gasteiger partial charge in [-0.2, -0.15) is 0 Å². The molecule has 0 rings (SSSR count). The second-order valence-electron chi connectivity index (χ2n) is 2.04. The van der Waals surface area contributed by atoms with E-state index >= 15 is 0 Å². The number of hydrogen-bond donors (Lipinski definition) is 2. The molecule has 0 amide bonds. The van der Waals surface area contributed by atoms with Gasteiger partial charge in [0.15, 0.2) is 0 Å². The maximum Gasteiger partial charge on any atom is 0.320 e. The number of hydrogen-bond acceptors (Lipinski definition) is 3. The summed E-state index contributed by atoms with van der Waals surface area (Å²) in [4.78, 5) is 19.8. The maximum absolute atomic E-state index is 10.1. The van der Waals surface area contributed by atoms with Gasteiger partial charge in [0.25, 0.3) is 0 Å². The third kappa shape index (κ3) is 8.00. The molecule has 0 aliphatic carbocycles. The number of carbonyl (C=O) groups excluding carboxylic acids is 1. The predicted molar refractivity (Wildman–Crippen MR) is 41.3 cm³/mol. The molecule has 0 aliphatic heterocycles. The SMILES string of the molecule is NC(CCCC=O)C(=O)O.[Na]. The van der Waals surface area contributed by atoms with Crippen LogP contribution in [-0.4, -0.2) is 53.0 Å². The summed E-state index contributed by atoms with van der Waals surface area (Å²) in [6.45, 7) is 0. The minimum Gasteiger partial charge on any atom is -0.480 e. The molecule has 59 valence electrons. The van der Waals surface area contributed by atoms with Crippen LogP contribution in [0, 0.1) is 0 Å². The van der Waals surface area contributed by atoms with E-state index in [2.05, 4.69) is 0 Å². The fourth-order valence-electron chi connectivity index (χ4n) is 0.545. The average molecular weight is 168 g/mol. The van der Waals surface area contributed by atoms with Crippen molar-refractivity contribution < 1.29 is 14.7 Å². The van der Waals surface area contributed by atoms with Crippen LogP contribution in [0.5, 0.6) is 0 Å². The van der Waals surface area contributed by atoms with Crippen LogP contribution in [0.1, 0.15) is 19.3 Å². The standard InChI is InChI=1S/C6H11NO3.Na/c7-5(6(9)10)3-1-2-4-8;/h4-5H,1-3,7H2,(H,9,10);. The Morgan fingerprint density at radius 3 is 2.55 bits per heavy atom. The largest absolute Gasteiger partial charge is 0.480 e. The van der Waals surface area contributed by atoms with Gasteiger partial charge in [-0.25, -0.2) is 0 Å². The van der Waals surface area contributed by atoms with Gasteiger partial charge in [0.2, 0.25) is 0 Å². The zero-order valence-corrected chi connectivity index (χ0v) is 8.62. The van der Waals surface area contributed by atoms with Crippen LogP contribution in [0.15, 0.2) is 0 Å². The molecule has 0 saturated heterocycles. The minimum atomic E-state index is -1.01. The zero-order chi connectivity index (χ0) is 7.98. The second-order valence-corrected chi connectivity index (χ2v) is 2.04. The summed E-state index contributed by atoms with van der Waals surface area (Å²) >= 11 is 0. The third-order valence-corrected chi connectivity index (χ3v) is 1.15. The monoisotopic (exact) mass is 168 g/mol. The third-order valence-electron chi connectivity index (χ3n) is 1.15. The van der Waals surface area contributed by atoms with Gasteiger partial charge in [-0.1, -0.05) is 0 Å². The topological polar surface area (TPSA) is 80.4 Å². The van der Waals surface area contributed by atoms with E-state index < -0.39 is 12.0 Å². The zero-order valence-electron chi connectivity index (χ0n) is 6.62. The molecule has 0 aromatic carbocycles. The van der Waals surface area contributed by atoms with Crippen molar-refractivity contribution in [2.75, 3.05) is 0 Å². The van der Waals surface area contributed by atoms with Crippen LogP contribution in [0.3, 0.4) is 0 Å². The Balaban J connectivity index is 0. The summed E-state index contributed by atoms with van der Waals surface area (Å²) in [6, 6.07) is -0.819. The quantitative estimate of drug-likeness (QED) is 0.326. The Morgan fingerprint density at radius 1 is 1.64 bits per heavy atom. The smallest absolute Gasteiger partial charge is 0.320 e. The number of carbonyl (C=O) groups is 2. The molecule has 0 aromatic rings. The Bertz CT molecular complexity index is 129. The van der Waals surface area contributed by atoms with Crippen molar-refractivity contribution >= 4 is 41.8 Å². The van der Waals surface area contributed by atoms with E-state index in [1.807, 2.05) is 0 Å². The van der Waals surface area contributed by atoms with Gasteiger partial charge in [0.1, 0.15) is 12.3 Å². The molecule has 1 radical (unpaired) electrons. The van der Waals surface area contributed by atoms with Gasteiger partial charge in [-0.05, 0) is 12.8 Å². The molecule has 0 bridgehead atoms. The first-order valence-electron chi connectivity index (χ1n) is 3.10. The van der Waals surface area contributed by atoms with E-state index in [1.54, 1.807) is 0 Å². The fourth-order valence-corrected chi connectivity index (χ4v) is 0.545. The first-order chi connectivity index (χ1) is 4.68. The molecular weight excluding hydrogens is 157 g/mol. The average Bonchev–Trinajstić information content (AvgIpc) is 1.88. The predicted octanol–water partition coefficient (Wildman–Crippen LogP) is -0.613. The molecule has 0 saturated carbocycles. The van der Waals surface area contributed by atoms with E-state index in [4.69, 9.17) is 10.8 Å². The van der Waals surface area contributed by atoms with Gasteiger partial charge in [-0.3, -0.25) is 4.79 Å². The van der Waals surface area contributed by atoms with Gasteiger partial charge < -0.3 is 15.6 Å². The molecule has 0 spiro atoms. The number of aliphatic carboxylic acids is 1. The van der Waals surface area contributed by atoms with Crippen LogP contribution < -0.4 is 5.73 Å². The van der Waals surface area contributed by atoms with Crippen LogP contribution in [-0.2, 0) is 9.59 Å². The Morgan fingerprint density at radius 2 is 2.18 bits per heavy atom. The number of unbranched alkanes of at least 4 members (excludes halogenated alkanes) is 1. The summed E-state index contributed by atoms with van der Waals surface area (Å²) in [6.07, 6.45) is 2.07. The van der Waals surface area contributed by atoms with Crippen molar-refractivity contribution in [1.82, 2.24) is 0 Å². The molecule has 5 heteroatoms. The summed E-state index contributed by atoms with van der Waals surface area (Å²) < 4.78 is 0. The number of aldehydes is 1. The molecule has 11 heavy (non-hydrogen) atoms. The maximum atomic E-state index is 10.1. The van der Waals surface area contributed by atoms with Crippen LogP contribution in [0.4, 0.5) is 0 Å². The van der Waals surface area contributed by atoms with Crippen molar-refractivity contribution in [3.05, 3.63) is 0 Å². The number of carboxylic acids is 1. The second kappa shape index (κ2) is 8.20. The molecule has 0 aliphatic rings. The molecule has 1 atom stereocenters. The normalized spacial score (nSPS) is 11.4. The number of rotatable bonds is 5. The van der Waals surface area contributed by atoms with Crippen molar-refractivity contribution in [2.24, 2.45) is 5.73 Å². The molecule has 3 N–H and O–H groups in total. The summed E-state index contributed by atoms with van der Waals surface area (Å²) in [5.41, 5.74) is 5.14. The molecule has 0 aromatic heterocycles. The minimum absolute atomic E-state index is 0. The van der Waals surface area contributed by atoms with E-state index in [9.17, 15) is 9.59 Å². The van der Waals surface area contributed by atoms with Crippen molar-refractivity contribution in [3.63, 3.8) is 0 Å². The Hall–Kier alpha value is 0.100. The Labute approximate surface area is 87.4 Å². The van der Waals surface area contributed by atoms with E-state index in [-0.39, 0.29) is 29.6 Å². The van der Waals surface area contributed by atoms with Crippen LogP contribution in [0.25, 0.3) is 0 Å². The van der Waals surface area contributed by atoms with Gasteiger partial charge >= 0.3 is 5.97 Å². The van der Waals surface area contributed by atoms with Gasteiger partial charge in [0, 0.05) is 36.0 Å². The molecular formula is C6H11NNaO3. The van der Waals surface area contributed by atoms with Crippen molar-refractivity contribution in [2.45, 2.75) is 25.3 Å². The number of carboxylic acid groups (broad SMARTS) is 1.